The average molecular weight is 299 g/mol. The lowest BCUT2D eigenvalue weighted by Gasteiger charge is -2.18. The van der Waals surface area contributed by atoms with Gasteiger partial charge < -0.3 is 16.4 Å². The Hall–Kier alpha value is -2.96. The Labute approximate surface area is 128 Å². The Balaban J connectivity index is 2.27. The van der Waals surface area contributed by atoms with Gasteiger partial charge in [0.05, 0.1) is 11.3 Å². The van der Waals surface area contributed by atoms with E-state index in [-0.39, 0.29) is 17.4 Å². The molecule has 1 atom stereocenters. The number of anilines is 1. The number of rotatable bonds is 4. The van der Waals surface area contributed by atoms with Crippen LogP contribution in [0.15, 0.2) is 36.5 Å². The highest BCUT2D eigenvalue weighted by Crippen LogP contribution is 2.14. The van der Waals surface area contributed by atoms with E-state index < -0.39 is 11.9 Å². The van der Waals surface area contributed by atoms with Gasteiger partial charge in [-0.3, -0.25) is 9.59 Å². The number of nitrogens with two attached hydrogens (primary N) is 1. The van der Waals surface area contributed by atoms with Gasteiger partial charge in [0.15, 0.2) is 0 Å². The van der Waals surface area contributed by atoms with Crippen LogP contribution in [0.25, 0.3) is 0 Å². The van der Waals surface area contributed by atoms with E-state index in [0.29, 0.717) is 11.3 Å². The second-order valence-electron chi connectivity index (χ2n) is 4.66. The third-order valence-corrected chi connectivity index (χ3v) is 3.16. The predicted octanol–water partition coefficient (Wildman–Crippen LogP) is 0.584. The van der Waals surface area contributed by atoms with Crippen LogP contribution in [-0.4, -0.2) is 28.8 Å². The number of benzene rings is 1. The minimum atomic E-state index is -0.796. The summed E-state index contributed by atoms with van der Waals surface area (Å²) in [5, 5.41) is 5.23. The zero-order valence-corrected chi connectivity index (χ0v) is 12.3. The molecule has 1 heterocycles. The van der Waals surface area contributed by atoms with Crippen LogP contribution in [0.5, 0.6) is 0 Å². The Morgan fingerprint density at radius 3 is 2.50 bits per heavy atom. The molecule has 0 aliphatic heterocycles. The van der Waals surface area contributed by atoms with Gasteiger partial charge in [-0.2, -0.15) is 0 Å². The van der Waals surface area contributed by atoms with E-state index >= 15 is 0 Å². The Bertz CT molecular complexity index is 688. The van der Waals surface area contributed by atoms with Crippen LogP contribution >= 0.6 is 0 Å². The molecule has 114 valence electrons. The zero-order valence-electron chi connectivity index (χ0n) is 12.3. The predicted molar refractivity (Wildman–Crippen MR) is 81.9 cm³/mol. The summed E-state index contributed by atoms with van der Waals surface area (Å²) in [4.78, 5) is 32.2. The zero-order chi connectivity index (χ0) is 16.1. The van der Waals surface area contributed by atoms with Crippen molar-refractivity contribution in [3.63, 3.8) is 0 Å². The van der Waals surface area contributed by atoms with Crippen molar-refractivity contribution in [3.05, 3.63) is 53.3 Å². The minimum Gasteiger partial charge on any atom is -0.368 e. The monoisotopic (exact) mass is 299 g/mol. The molecule has 2 rings (SSSR count). The van der Waals surface area contributed by atoms with Crippen LogP contribution in [-0.2, 0) is 4.79 Å². The molecule has 0 fully saturated rings. The number of carbonyl (C=O) groups excluding carboxylic acids is 2. The van der Waals surface area contributed by atoms with Crippen molar-refractivity contribution in [3.8, 4) is 0 Å². The molecule has 2 amide bonds. The first-order chi connectivity index (χ1) is 10.5. The number of nitrogens with one attached hydrogen (secondary N) is 2. The number of nitrogens with zero attached hydrogens (tertiary/aromatic N) is 2. The lowest BCUT2D eigenvalue weighted by Crippen LogP contribution is -2.39. The summed E-state index contributed by atoms with van der Waals surface area (Å²) in [6.45, 7) is 1.66. The number of aryl methyl sites for hydroxylation is 1. The van der Waals surface area contributed by atoms with Gasteiger partial charge in [-0.1, -0.05) is 30.3 Å². The molecular formula is C15H17N5O2. The maximum absolute atomic E-state index is 12.4. The largest absolute Gasteiger partial charge is 0.368 e. The Kier molecular flexibility index (Phi) is 4.67. The molecule has 0 bridgehead atoms. The first-order valence-electron chi connectivity index (χ1n) is 6.69. The first kappa shape index (κ1) is 15.4. The highest BCUT2D eigenvalue weighted by molar-refractivity contribution is 5.98. The molecule has 0 saturated carbocycles. The summed E-state index contributed by atoms with van der Waals surface area (Å²) >= 11 is 0. The fourth-order valence-corrected chi connectivity index (χ4v) is 2.01. The van der Waals surface area contributed by atoms with Gasteiger partial charge >= 0.3 is 0 Å². The number of hydrogen-bond donors (Lipinski definition) is 3. The lowest BCUT2D eigenvalue weighted by molar-refractivity contribution is -0.122. The highest BCUT2D eigenvalue weighted by atomic mass is 16.2. The summed E-state index contributed by atoms with van der Waals surface area (Å²) in [6.07, 6.45) is 1.35. The minimum absolute atomic E-state index is 0.0972. The summed E-state index contributed by atoms with van der Waals surface area (Å²) in [5.74, 6) is -0.650. The van der Waals surface area contributed by atoms with Crippen LogP contribution in [0.1, 0.15) is 27.7 Å². The smallest absolute Gasteiger partial charge is 0.255 e. The van der Waals surface area contributed by atoms with Gasteiger partial charge in [0.2, 0.25) is 11.9 Å². The van der Waals surface area contributed by atoms with Crippen molar-refractivity contribution in [1.29, 1.82) is 0 Å². The maximum Gasteiger partial charge on any atom is 0.255 e. The number of aromatic nitrogens is 2. The second kappa shape index (κ2) is 6.66. The second-order valence-corrected chi connectivity index (χ2v) is 4.66. The Morgan fingerprint density at radius 1 is 1.23 bits per heavy atom. The van der Waals surface area contributed by atoms with Crippen molar-refractivity contribution >= 4 is 17.8 Å². The summed E-state index contributed by atoms with van der Waals surface area (Å²) < 4.78 is 0. The van der Waals surface area contributed by atoms with E-state index in [1.165, 1.54) is 13.2 Å². The Morgan fingerprint density at radius 2 is 1.91 bits per heavy atom. The van der Waals surface area contributed by atoms with Crippen LogP contribution in [0, 0.1) is 6.92 Å². The van der Waals surface area contributed by atoms with E-state index in [4.69, 9.17) is 5.73 Å². The SMILES string of the molecule is CNC(=O)[C@@H](NC(=O)c1cnc(N)nc1C)c1ccccc1. The first-order valence-corrected chi connectivity index (χ1v) is 6.69. The molecule has 2 aromatic rings. The van der Waals surface area contributed by atoms with E-state index in [1.807, 2.05) is 6.07 Å². The van der Waals surface area contributed by atoms with Gasteiger partial charge in [0.25, 0.3) is 5.91 Å². The van der Waals surface area contributed by atoms with Crippen LogP contribution in [0.2, 0.25) is 0 Å². The number of carbonyl (C=O) groups is 2. The van der Waals surface area contributed by atoms with E-state index in [0.717, 1.165) is 0 Å². The molecule has 7 nitrogen and oxygen atoms in total. The third-order valence-electron chi connectivity index (χ3n) is 3.16. The maximum atomic E-state index is 12.4. The standard InChI is InChI=1S/C15H17N5O2/c1-9-11(8-18-15(16)19-9)13(21)20-12(14(22)17-2)10-6-4-3-5-7-10/h3-8,12H,1-2H3,(H,17,22)(H,20,21)(H2,16,18,19)/t12-/m0/s1. The normalized spacial score (nSPS) is 11.5. The topological polar surface area (TPSA) is 110 Å². The summed E-state index contributed by atoms with van der Waals surface area (Å²) in [6, 6.07) is 8.18. The van der Waals surface area contributed by atoms with Gasteiger partial charge in [0.1, 0.15) is 6.04 Å². The fraction of sp³-hybridized carbons (Fsp3) is 0.200. The van der Waals surface area contributed by atoms with E-state index in [1.54, 1.807) is 31.2 Å². The van der Waals surface area contributed by atoms with Crippen molar-refractivity contribution in [2.75, 3.05) is 12.8 Å². The molecule has 1 aromatic carbocycles. The summed E-state index contributed by atoms with van der Waals surface area (Å²) in [7, 11) is 1.52. The van der Waals surface area contributed by atoms with Gasteiger partial charge in [-0.25, -0.2) is 9.97 Å². The molecule has 7 heteroatoms. The van der Waals surface area contributed by atoms with Crippen LogP contribution < -0.4 is 16.4 Å². The molecule has 0 spiro atoms. The number of hydrogen-bond acceptors (Lipinski definition) is 5. The number of likely N-dealkylation sites (N-methyl/N-ethyl adjacent to an activating group) is 1. The average Bonchev–Trinajstić information content (AvgIpc) is 2.52. The molecule has 0 aliphatic rings. The van der Waals surface area contributed by atoms with Crippen LogP contribution in [0.3, 0.4) is 0 Å². The van der Waals surface area contributed by atoms with E-state index in [2.05, 4.69) is 20.6 Å². The molecule has 0 radical (unpaired) electrons. The highest BCUT2D eigenvalue weighted by Gasteiger charge is 2.23. The molecule has 22 heavy (non-hydrogen) atoms. The van der Waals surface area contributed by atoms with Crippen LogP contribution in [0.4, 0.5) is 5.95 Å². The lowest BCUT2D eigenvalue weighted by atomic mass is 10.1. The number of nitrogen functional groups attached to an aromatic ring is 1. The summed E-state index contributed by atoms with van der Waals surface area (Å²) in [5.41, 5.74) is 6.89. The van der Waals surface area contributed by atoms with Crippen molar-refractivity contribution < 1.29 is 9.59 Å². The van der Waals surface area contributed by atoms with Crippen molar-refractivity contribution in [1.82, 2.24) is 20.6 Å². The molecule has 4 N–H and O–H groups in total. The molecule has 0 aliphatic carbocycles. The quantitative estimate of drug-likeness (QED) is 0.765. The molecule has 0 unspecified atom stereocenters. The van der Waals surface area contributed by atoms with Crippen molar-refractivity contribution in [2.24, 2.45) is 0 Å². The molecular weight excluding hydrogens is 282 g/mol. The van der Waals surface area contributed by atoms with Gasteiger partial charge in [0, 0.05) is 13.2 Å². The fourth-order valence-electron chi connectivity index (χ4n) is 2.01. The third kappa shape index (κ3) is 3.38. The number of amides is 2. The van der Waals surface area contributed by atoms with Crippen molar-refractivity contribution in [2.45, 2.75) is 13.0 Å². The molecule has 0 saturated heterocycles. The van der Waals surface area contributed by atoms with E-state index in [9.17, 15) is 9.59 Å². The van der Waals surface area contributed by atoms with Gasteiger partial charge in [-0.15, -0.1) is 0 Å². The van der Waals surface area contributed by atoms with Gasteiger partial charge in [-0.05, 0) is 12.5 Å². The molecule has 1 aromatic heterocycles.